The highest BCUT2D eigenvalue weighted by atomic mass is 35.5. The van der Waals surface area contributed by atoms with E-state index in [2.05, 4.69) is 5.32 Å². The van der Waals surface area contributed by atoms with Gasteiger partial charge in [-0.1, -0.05) is 48.0 Å². The van der Waals surface area contributed by atoms with E-state index in [-0.39, 0.29) is 25.2 Å². The fourth-order valence-electron chi connectivity index (χ4n) is 2.15. The quantitative estimate of drug-likeness (QED) is 0.767. The molecule has 0 saturated heterocycles. The minimum absolute atomic E-state index is 0.172. The van der Waals surface area contributed by atoms with Crippen molar-refractivity contribution >= 4 is 23.5 Å². The number of hydrogen-bond donors (Lipinski definition) is 1. The van der Waals surface area contributed by atoms with Gasteiger partial charge >= 0.3 is 5.97 Å². The maximum Gasteiger partial charge on any atom is 0.344 e. The third-order valence-corrected chi connectivity index (χ3v) is 3.79. The molecule has 0 saturated carbocycles. The fraction of sp³-hybridized carbons (Fsp3) is 0.263. The van der Waals surface area contributed by atoms with E-state index in [9.17, 15) is 9.59 Å². The van der Waals surface area contributed by atoms with Gasteiger partial charge in [0.05, 0.1) is 11.1 Å². The van der Waals surface area contributed by atoms with Gasteiger partial charge in [-0.15, -0.1) is 0 Å². The summed E-state index contributed by atoms with van der Waals surface area (Å²) in [5.41, 5.74) is 1.93. The summed E-state index contributed by atoms with van der Waals surface area (Å²) in [7, 11) is 0. The van der Waals surface area contributed by atoms with Crippen molar-refractivity contribution in [1.29, 1.82) is 0 Å². The van der Waals surface area contributed by atoms with Crippen molar-refractivity contribution in [1.82, 2.24) is 5.32 Å². The summed E-state index contributed by atoms with van der Waals surface area (Å²) in [6.45, 7) is 3.07. The predicted octanol–water partition coefficient (Wildman–Crippen LogP) is 3.45. The van der Waals surface area contributed by atoms with Crippen LogP contribution in [0.2, 0.25) is 5.02 Å². The van der Waals surface area contributed by atoms with E-state index in [0.717, 1.165) is 11.1 Å². The number of ether oxygens (including phenoxy) is 2. The van der Waals surface area contributed by atoms with E-state index in [4.69, 9.17) is 21.1 Å². The van der Waals surface area contributed by atoms with Gasteiger partial charge in [0.1, 0.15) is 5.75 Å². The Morgan fingerprint density at radius 3 is 2.56 bits per heavy atom. The van der Waals surface area contributed by atoms with Crippen molar-refractivity contribution < 1.29 is 19.1 Å². The van der Waals surface area contributed by atoms with Crippen molar-refractivity contribution in [3.05, 3.63) is 64.7 Å². The van der Waals surface area contributed by atoms with Crippen LogP contribution in [0.4, 0.5) is 0 Å². The molecule has 0 spiro atoms. The molecule has 0 bridgehead atoms. The topological polar surface area (TPSA) is 64.6 Å². The monoisotopic (exact) mass is 361 g/mol. The molecule has 1 atom stereocenters. The Bertz CT molecular complexity index is 733. The van der Waals surface area contributed by atoms with Crippen molar-refractivity contribution in [2.75, 3.05) is 13.2 Å². The van der Waals surface area contributed by atoms with Crippen molar-refractivity contribution in [2.45, 2.75) is 19.9 Å². The van der Waals surface area contributed by atoms with Gasteiger partial charge in [-0.3, -0.25) is 4.79 Å². The Morgan fingerprint density at radius 1 is 1.12 bits per heavy atom. The van der Waals surface area contributed by atoms with Crippen LogP contribution < -0.4 is 10.1 Å². The molecule has 5 nitrogen and oxygen atoms in total. The van der Waals surface area contributed by atoms with E-state index in [1.807, 2.05) is 50.2 Å². The van der Waals surface area contributed by atoms with Crippen LogP contribution in [0.5, 0.6) is 5.75 Å². The smallest absolute Gasteiger partial charge is 0.344 e. The number of benzene rings is 2. The number of rotatable bonds is 7. The summed E-state index contributed by atoms with van der Waals surface area (Å²) in [6, 6.07) is 14.6. The molecule has 0 radical (unpaired) electrons. The normalized spacial score (nSPS) is 11.5. The highest BCUT2D eigenvalue weighted by molar-refractivity contribution is 6.32. The summed E-state index contributed by atoms with van der Waals surface area (Å²) in [6.07, 6.45) is 0. The molecule has 2 rings (SSSR count). The van der Waals surface area contributed by atoms with E-state index in [1.54, 1.807) is 12.1 Å². The molecule has 6 heteroatoms. The summed E-state index contributed by atoms with van der Waals surface area (Å²) < 4.78 is 10.2. The van der Waals surface area contributed by atoms with Gasteiger partial charge in [0.25, 0.3) is 5.91 Å². The van der Waals surface area contributed by atoms with E-state index < -0.39 is 5.97 Å². The van der Waals surface area contributed by atoms with E-state index >= 15 is 0 Å². The van der Waals surface area contributed by atoms with Crippen LogP contribution in [0.3, 0.4) is 0 Å². The maximum absolute atomic E-state index is 11.9. The van der Waals surface area contributed by atoms with E-state index in [0.29, 0.717) is 10.8 Å². The first-order chi connectivity index (χ1) is 12.0. The Balaban J connectivity index is 1.74. The van der Waals surface area contributed by atoms with Crippen LogP contribution in [-0.2, 0) is 14.3 Å². The molecule has 1 amide bonds. The second kappa shape index (κ2) is 9.08. The molecule has 132 valence electrons. The number of aryl methyl sites for hydroxylation is 1. The van der Waals surface area contributed by atoms with Crippen molar-refractivity contribution in [2.24, 2.45) is 0 Å². The van der Waals surface area contributed by atoms with Crippen LogP contribution in [0.15, 0.2) is 48.5 Å². The Morgan fingerprint density at radius 2 is 1.84 bits per heavy atom. The van der Waals surface area contributed by atoms with Gasteiger partial charge in [0.2, 0.25) is 0 Å². The third-order valence-electron chi connectivity index (χ3n) is 3.47. The molecule has 0 aliphatic rings. The van der Waals surface area contributed by atoms with Gasteiger partial charge in [-0.2, -0.15) is 0 Å². The molecule has 1 N–H and O–H groups in total. The molecule has 0 aliphatic carbocycles. The SMILES string of the molecule is Cc1ccc(Cl)c(OCC(=O)OCC(=O)N[C@@H](C)c2ccccc2)c1. The van der Waals surface area contributed by atoms with Crippen molar-refractivity contribution in [3.63, 3.8) is 0 Å². The molecule has 0 heterocycles. The summed E-state index contributed by atoms with van der Waals surface area (Å²) in [5, 5.41) is 3.17. The lowest BCUT2D eigenvalue weighted by Crippen LogP contribution is -2.31. The minimum atomic E-state index is -0.639. The van der Waals surface area contributed by atoms with Crippen LogP contribution in [0.25, 0.3) is 0 Å². The average Bonchev–Trinajstić information content (AvgIpc) is 2.61. The number of amides is 1. The highest BCUT2D eigenvalue weighted by Gasteiger charge is 2.12. The lowest BCUT2D eigenvalue weighted by Gasteiger charge is -2.14. The number of hydrogen-bond acceptors (Lipinski definition) is 4. The zero-order valence-electron chi connectivity index (χ0n) is 14.1. The molecule has 0 unspecified atom stereocenters. The summed E-state index contributed by atoms with van der Waals surface area (Å²) in [4.78, 5) is 23.6. The molecular formula is C19H20ClNO4. The number of carbonyl (C=O) groups is 2. The molecule has 2 aromatic carbocycles. The summed E-state index contributed by atoms with van der Waals surface area (Å²) in [5.74, 6) is -0.612. The molecule has 0 aromatic heterocycles. The number of esters is 1. The van der Waals surface area contributed by atoms with Crippen LogP contribution in [-0.4, -0.2) is 25.1 Å². The first-order valence-corrected chi connectivity index (χ1v) is 8.22. The molecular weight excluding hydrogens is 342 g/mol. The Kier molecular flexibility index (Phi) is 6.83. The number of carbonyl (C=O) groups excluding carboxylic acids is 2. The fourth-order valence-corrected chi connectivity index (χ4v) is 2.33. The highest BCUT2D eigenvalue weighted by Crippen LogP contribution is 2.25. The maximum atomic E-state index is 11.9. The minimum Gasteiger partial charge on any atom is -0.480 e. The lowest BCUT2D eigenvalue weighted by atomic mass is 10.1. The lowest BCUT2D eigenvalue weighted by molar-refractivity contribution is -0.150. The van der Waals surface area contributed by atoms with Gasteiger partial charge in [-0.05, 0) is 37.1 Å². The zero-order valence-corrected chi connectivity index (χ0v) is 14.9. The average molecular weight is 362 g/mol. The first kappa shape index (κ1) is 18.8. The van der Waals surface area contributed by atoms with Crippen LogP contribution in [0, 0.1) is 6.92 Å². The Hall–Kier alpha value is -2.53. The zero-order chi connectivity index (χ0) is 18.2. The van der Waals surface area contributed by atoms with Crippen LogP contribution in [0.1, 0.15) is 24.1 Å². The van der Waals surface area contributed by atoms with Gasteiger partial charge < -0.3 is 14.8 Å². The second-order valence-electron chi connectivity index (χ2n) is 5.58. The van der Waals surface area contributed by atoms with Crippen molar-refractivity contribution in [3.8, 4) is 5.75 Å². The van der Waals surface area contributed by atoms with E-state index in [1.165, 1.54) is 0 Å². The molecule has 25 heavy (non-hydrogen) atoms. The third kappa shape index (κ3) is 6.12. The predicted molar refractivity (Wildman–Crippen MR) is 95.6 cm³/mol. The number of halogens is 1. The largest absolute Gasteiger partial charge is 0.480 e. The standard InChI is InChI=1S/C19H20ClNO4/c1-13-8-9-16(20)17(10-13)24-12-19(23)25-11-18(22)21-14(2)15-6-4-3-5-7-15/h3-10,14H,11-12H2,1-2H3,(H,21,22)/t14-/m0/s1. The molecule has 2 aromatic rings. The number of nitrogens with one attached hydrogen (secondary N) is 1. The van der Waals surface area contributed by atoms with Gasteiger partial charge in [0, 0.05) is 0 Å². The second-order valence-corrected chi connectivity index (χ2v) is 5.99. The summed E-state index contributed by atoms with van der Waals surface area (Å²) >= 11 is 5.98. The van der Waals surface area contributed by atoms with Gasteiger partial charge in [0.15, 0.2) is 13.2 Å². The van der Waals surface area contributed by atoms with Gasteiger partial charge in [-0.25, -0.2) is 4.79 Å². The molecule has 0 aliphatic heterocycles. The first-order valence-electron chi connectivity index (χ1n) is 7.84. The van der Waals surface area contributed by atoms with Crippen LogP contribution >= 0.6 is 11.6 Å². The Labute approximate surface area is 151 Å². The molecule has 0 fully saturated rings.